The van der Waals surface area contributed by atoms with E-state index in [9.17, 15) is 0 Å². The lowest BCUT2D eigenvalue weighted by molar-refractivity contribution is 0.601. The van der Waals surface area contributed by atoms with E-state index < -0.39 is 0 Å². The van der Waals surface area contributed by atoms with Crippen LogP contribution in [0.15, 0.2) is 36.5 Å². The summed E-state index contributed by atoms with van der Waals surface area (Å²) >= 11 is 0. The molecule has 0 radical (unpaired) electrons. The van der Waals surface area contributed by atoms with E-state index in [1.54, 1.807) is 0 Å². The number of pyridine rings is 1. The third-order valence-corrected chi connectivity index (χ3v) is 2.66. The molecule has 1 atom stereocenters. The summed E-state index contributed by atoms with van der Waals surface area (Å²) in [5.41, 5.74) is 2.39. The number of hydrogen-bond donors (Lipinski definition) is 1. The van der Waals surface area contributed by atoms with E-state index in [4.69, 9.17) is 0 Å². The molecular weight excluding hydrogens is 184 g/mol. The highest BCUT2D eigenvalue weighted by atomic mass is 14.9. The number of nitrogens with one attached hydrogen (secondary N) is 1. The Morgan fingerprint density at radius 3 is 2.87 bits per heavy atom. The zero-order chi connectivity index (χ0) is 10.7. The SMILES string of the molecule is CCN[C@H](C)c1ccnc2ccccc12. The van der Waals surface area contributed by atoms with Crippen LogP contribution >= 0.6 is 0 Å². The second kappa shape index (κ2) is 4.41. The van der Waals surface area contributed by atoms with E-state index in [2.05, 4.69) is 48.4 Å². The molecule has 0 aliphatic heterocycles. The van der Waals surface area contributed by atoms with Crippen LogP contribution in [-0.4, -0.2) is 11.5 Å². The number of nitrogens with zero attached hydrogens (tertiary/aromatic N) is 1. The number of aromatic nitrogens is 1. The Balaban J connectivity index is 2.50. The fourth-order valence-electron chi connectivity index (χ4n) is 1.91. The van der Waals surface area contributed by atoms with Gasteiger partial charge in [-0.25, -0.2) is 0 Å². The molecule has 0 unspecified atom stereocenters. The minimum absolute atomic E-state index is 0.378. The average molecular weight is 200 g/mol. The number of benzene rings is 1. The Morgan fingerprint density at radius 1 is 1.27 bits per heavy atom. The van der Waals surface area contributed by atoms with Crippen LogP contribution in [0.5, 0.6) is 0 Å². The minimum atomic E-state index is 0.378. The Bertz CT molecular complexity index is 446. The van der Waals surface area contributed by atoms with Crippen LogP contribution in [0.4, 0.5) is 0 Å². The first-order chi connectivity index (χ1) is 7.33. The summed E-state index contributed by atoms with van der Waals surface area (Å²) in [7, 11) is 0. The molecule has 1 N–H and O–H groups in total. The molecule has 1 heterocycles. The van der Waals surface area contributed by atoms with Crippen molar-refractivity contribution in [2.45, 2.75) is 19.9 Å². The van der Waals surface area contributed by atoms with Crippen molar-refractivity contribution in [3.8, 4) is 0 Å². The standard InChI is InChI=1S/C13H16N2/c1-3-14-10(2)11-8-9-15-13-7-5-4-6-12(11)13/h4-10,14H,3H2,1-2H3/t10-/m1/s1. The van der Waals surface area contributed by atoms with Crippen LogP contribution in [-0.2, 0) is 0 Å². The van der Waals surface area contributed by atoms with Gasteiger partial charge in [0.15, 0.2) is 0 Å². The van der Waals surface area contributed by atoms with E-state index >= 15 is 0 Å². The second-order valence-electron chi connectivity index (χ2n) is 3.70. The Morgan fingerprint density at radius 2 is 2.07 bits per heavy atom. The van der Waals surface area contributed by atoms with Gasteiger partial charge in [0.2, 0.25) is 0 Å². The molecule has 0 fully saturated rings. The van der Waals surface area contributed by atoms with Crippen LogP contribution in [0.25, 0.3) is 10.9 Å². The highest BCUT2D eigenvalue weighted by molar-refractivity contribution is 5.82. The van der Waals surface area contributed by atoms with Gasteiger partial charge in [0.05, 0.1) is 5.52 Å². The molecule has 0 bridgehead atoms. The van der Waals surface area contributed by atoms with Crippen LogP contribution in [0.3, 0.4) is 0 Å². The van der Waals surface area contributed by atoms with Crippen molar-refractivity contribution in [3.05, 3.63) is 42.1 Å². The van der Waals surface area contributed by atoms with Crippen LogP contribution in [0.2, 0.25) is 0 Å². The van der Waals surface area contributed by atoms with E-state index in [0.717, 1.165) is 12.1 Å². The second-order valence-corrected chi connectivity index (χ2v) is 3.70. The quantitative estimate of drug-likeness (QED) is 0.824. The molecular formula is C13H16N2. The van der Waals surface area contributed by atoms with Gasteiger partial charge >= 0.3 is 0 Å². The topological polar surface area (TPSA) is 24.9 Å². The van der Waals surface area contributed by atoms with Crippen LogP contribution in [0.1, 0.15) is 25.5 Å². The maximum absolute atomic E-state index is 4.36. The number of rotatable bonds is 3. The molecule has 2 nitrogen and oxygen atoms in total. The van der Waals surface area contributed by atoms with Crippen molar-refractivity contribution in [1.82, 2.24) is 10.3 Å². The van der Waals surface area contributed by atoms with Crippen molar-refractivity contribution < 1.29 is 0 Å². The maximum atomic E-state index is 4.36. The first-order valence-electron chi connectivity index (χ1n) is 5.40. The van der Waals surface area contributed by atoms with Crippen molar-refractivity contribution in [1.29, 1.82) is 0 Å². The van der Waals surface area contributed by atoms with Crippen molar-refractivity contribution in [2.24, 2.45) is 0 Å². The van der Waals surface area contributed by atoms with Gasteiger partial charge in [0.1, 0.15) is 0 Å². The van der Waals surface area contributed by atoms with Gasteiger partial charge in [0, 0.05) is 17.6 Å². The molecule has 15 heavy (non-hydrogen) atoms. The lowest BCUT2D eigenvalue weighted by atomic mass is 10.0. The molecule has 1 aromatic carbocycles. The van der Waals surface area contributed by atoms with Gasteiger partial charge in [0.25, 0.3) is 0 Å². The third-order valence-electron chi connectivity index (χ3n) is 2.66. The van der Waals surface area contributed by atoms with Gasteiger partial charge in [-0.15, -0.1) is 0 Å². The zero-order valence-corrected chi connectivity index (χ0v) is 9.20. The number of para-hydroxylation sites is 1. The third kappa shape index (κ3) is 2.00. The fraction of sp³-hybridized carbons (Fsp3) is 0.308. The van der Waals surface area contributed by atoms with Crippen LogP contribution < -0.4 is 5.32 Å². The molecule has 0 spiro atoms. The highest BCUT2D eigenvalue weighted by Gasteiger charge is 2.07. The van der Waals surface area contributed by atoms with Gasteiger partial charge in [-0.2, -0.15) is 0 Å². The monoisotopic (exact) mass is 200 g/mol. The van der Waals surface area contributed by atoms with E-state index in [1.165, 1.54) is 10.9 Å². The molecule has 2 rings (SSSR count). The van der Waals surface area contributed by atoms with Crippen molar-refractivity contribution in [3.63, 3.8) is 0 Å². The molecule has 0 aliphatic rings. The van der Waals surface area contributed by atoms with Gasteiger partial charge in [-0.3, -0.25) is 4.98 Å². The summed E-state index contributed by atoms with van der Waals surface area (Å²) in [6.07, 6.45) is 1.88. The summed E-state index contributed by atoms with van der Waals surface area (Å²) in [4.78, 5) is 4.36. The summed E-state index contributed by atoms with van der Waals surface area (Å²) < 4.78 is 0. The molecule has 0 aliphatic carbocycles. The maximum Gasteiger partial charge on any atom is 0.0705 e. The molecule has 1 aromatic heterocycles. The number of hydrogen-bond acceptors (Lipinski definition) is 2. The summed E-state index contributed by atoms with van der Waals surface area (Å²) in [6.45, 7) is 5.29. The van der Waals surface area contributed by atoms with Gasteiger partial charge in [-0.1, -0.05) is 25.1 Å². The average Bonchev–Trinajstić information content (AvgIpc) is 2.28. The number of fused-ring (bicyclic) bond motifs is 1. The summed E-state index contributed by atoms with van der Waals surface area (Å²) in [5.74, 6) is 0. The molecule has 0 saturated heterocycles. The lowest BCUT2D eigenvalue weighted by Gasteiger charge is -2.14. The smallest absolute Gasteiger partial charge is 0.0705 e. The normalized spacial score (nSPS) is 12.9. The van der Waals surface area contributed by atoms with Crippen molar-refractivity contribution in [2.75, 3.05) is 6.54 Å². The van der Waals surface area contributed by atoms with E-state index in [1.807, 2.05) is 12.3 Å². The van der Waals surface area contributed by atoms with Gasteiger partial charge < -0.3 is 5.32 Å². The minimum Gasteiger partial charge on any atom is -0.310 e. The molecule has 2 aromatic rings. The Hall–Kier alpha value is -1.41. The summed E-state index contributed by atoms with van der Waals surface area (Å²) in [6, 6.07) is 10.7. The predicted octanol–water partition coefficient (Wildman–Crippen LogP) is 2.91. The van der Waals surface area contributed by atoms with E-state index in [0.29, 0.717) is 6.04 Å². The van der Waals surface area contributed by atoms with Crippen LogP contribution in [0, 0.1) is 0 Å². The lowest BCUT2D eigenvalue weighted by Crippen LogP contribution is -2.17. The molecule has 78 valence electrons. The zero-order valence-electron chi connectivity index (χ0n) is 9.20. The summed E-state index contributed by atoms with van der Waals surface area (Å²) in [5, 5.41) is 4.67. The Kier molecular flexibility index (Phi) is 2.97. The molecule has 2 heteroatoms. The van der Waals surface area contributed by atoms with Crippen molar-refractivity contribution >= 4 is 10.9 Å². The largest absolute Gasteiger partial charge is 0.310 e. The highest BCUT2D eigenvalue weighted by Crippen LogP contribution is 2.21. The predicted molar refractivity (Wildman–Crippen MR) is 63.8 cm³/mol. The molecule has 0 saturated carbocycles. The first-order valence-corrected chi connectivity index (χ1v) is 5.40. The first kappa shape index (κ1) is 10.1. The fourth-order valence-corrected chi connectivity index (χ4v) is 1.91. The molecule has 0 amide bonds. The van der Waals surface area contributed by atoms with Gasteiger partial charge in [-0.05, 0) is 31.2 Å². The Labute approximate surface area is 90.3 Å². The van der Waals surface area contributed by atoms with E-state index in [-0.39, 0.29) is 0 Å².